The van der Waals surface area contributed by atoms with Crippen LogP contribution in [0.15, 0.2) is 36.5 Å². The monoisotopic (exact) mass is 354 g/mol. The van der Waals surface area contributed by atoms with E-state index >= 15 is 0 Å². The first-order valence-electron chi connectivity index (χ1n) is 8.61. The predicted octanol–water partition coefficient (Wildman–Crippen LogP) is 1.85. The molecule has 0 unspecified atom stereocenters. The molecule has 0 radical (unpaired) electrons. The van der Waals surface area contributed by atoms with Gasteiger partial charge in [-0.3, -0.25) is 9.59 Å². The predicted molar refractivity (Wildman–Crippen MR) is 96.8 cm³/mol. The second kappa shape index (κ2) is 7.95. The molecule has 0 atom stereocenters. The summed E-state index contributed by atoms with van der Waals surface area (Å²) in [5.41, 5.74) is 1.35. The van der Waals surface area contributed by atoms with Crippen molar-refractivity contribution >= 4 is 11.8 Å². The van der Waals surface area contributed by atoms with Gasteiger partial charge in [-0.2, -0.15) is 4.98 Å². The third-order valence-electron chi connectivity index (χ3n) is 4.44. The van der Waals surface area contributed by atoms with Gasteiger partial charge in [0.25, 0.3) is 5.91 Å². The Balaban J connectivity index is 1.79. The minimum atomic E-state index is -0.0415. The van der Waals surface area contributed by atoms with E-state index in [4.69, 9.17) is 4.74 Å². The first-order chi connectivity index (χ1) is 12.6. The molecular formula is C19H22N4O3. The highest BCUT2D eigenvalue weighted by Crippen LogP contribution is 2.20. The van der Waals surface area contributed by atoms with Crippen LogP contribution in [-0.2, 0) is 4.79 Å². The fourth-order valence-electron chi connectivity index (χ4n) is 3.00. The lowest BCUT2D eigenvalue weighted by Gasteiger charge is -2.21. The summed E-state index contributed by atoms with van der Waals surface area (Å²) < 4.78 is 5.13. The van der Waals surface area contributed by atoms with Gasteiger partial charge in [0.2, 0.25) is 11.8 Å². The molecule has 0 bridgehead atoms. The fraction of sp³-hybridized carbons (Fsp3) is 0.368. The summed E-state index contributed by atoms with van der Waals surface area (Å²) in [5.74, 6) is 0.998. The summed E-state index contributed by atoms with van der Waals surface area (Å²) in [6.07, 6.45) is 2.41. The molecular weight excluding hydrogens is 332 g/mol. The van der Waals surface area contributed by atoms with Crippen molar-refractivity contribution in [3.8, 4) is 17.3 Å². The lowest BCUT2D eigenvalue weighted by Crippen LogP contribution is -2.36. The number of methoxy groups -OCH3 is 1. The number of benzene rings is 1. The Hall–Kier alpha value is -2.96. The van der Waals surface area contributed by atoms with Crippen molar-refractivity contribution in [3.05, 3.63) is 42.1 Å². The Morgan fingerprint density at radius 1 is 1.08 bits per heavy atom. The molecule has 2 heterocycles. The van der Waals surface area contributed by atoms with Crippen molar-refractivity contribution in [2.45, 2.75) is 13.3 Å². The van der Waals surface area contributed by atoms with E-state index in [9.17, 15) is 9.59 Å². The zero-order chi connectivity index (χ0) is 18.5. The molecule has 0 spiro atoms. The molecule has 1 aliphatic rings. The number of hydrogen-bond donors (Lipinski definition) is 0. The van der Waals surface area contributed by atoms with Gasteiger partial charge in [-0.05, 0) is 18.6 Å². The van der Waals surface area contributed by atoms with E-state index in [1.54, 1.807) is 48.2 Å². The van der Waals surface area contributed by atoms with Crippen LogP contribution in [0, 0.1) is 0 Å². The Bertz CT molecular complexity index is 809. The molecule has 1 aromatic heterocycles. The fourth-order valence-corrected chi connectivity index (χ4v) is 3.00. The SMILES string of the molecule is COc1ccnc(-c2cccc(C(=O)N3CCCN(C(C)=O)CC3)c2)n1. The molecule has 7 nitrogen and oxygen atoms in total. The van der Waals surface area contributed by atoms with Crippen molar-refractivity contribution in [2.24, 2.45) is 0 Å². The van der Waals surface area contributed by atoms with E-state index in [2.05, 4.69) is 9.97 Å². The van der Waals surface area contributed by atoms with Crippen LogP contribution in [-0.4, -0.2) is 64.9 Å². The van der Waals surface area contributed by atoms with Crippen molar-refractivity contribution in [2.75, 3.05) is 33.3 Å². The third kappa shape index (κ3) is 3.99. The second-order valence-electron chi connectivity index (χ2n) is 6.16. The van der Waals surface area contributed by atoms with Crippen LogP contribution in [0.3, 0.4) is 0 Å². The Morgan fingerprint density at radius 3 is 2.62 bits per heavy atom. The Labute approximate surface area is 152 Å². The topological polar surface area (TPSA) is 75.6 Å². The summed E-state index contributed by atoms with van der Waals surface area (Å²) in [6.45, 7) is 4.01. The van der Waals surface area contributed by atoms with E-state index < -0.39 is 0 Å². The lowest BCUT2D eigenvalue weighted by atomic mass is 10.1. The van der Waals surface area contributed by atoms with Crippen LogP contribution >= 0.6 is 0 Å². The van der Waals surface area contributed by atoms with Gasteiger partial charge >= 0.3 is 0 Å². The molecule has 26 heavy (non-hydrogen) atoms. The minimum absolute atomic E-state index is 0.0415. The molecule has 1 fully saturated rings. The zero-order valence-corrected chi connectivity index (χ0v) is 15.0. The molecule has 7 heteroatoms. The highest BCUT2D eigenvalue weighted by molar-refractivity contribution is 5.95. The number of ether oxygens (including phenoxy) is 1. The summed E-state index contributed by atoms with van der Waals surface area (Å²) in [4.78, 5) is 36.6. The maximum Gasteiger partial charge on any atom is 0.253 e. The summed E-state index contributed by atoms with van der Waals surface area (Å²) >= 11 is 0. The Morgan fingerprint density at radius 2 is 1.85 bits per heavy atom. The maximum atomic E-state index is 12.9. The number of carbonyl (C=O) groups excluding carboxylic acids is 2. The van der Waals surface area contributed by atoms with Crippen LogP contribution in [0.4, 0.5) is 0 Å². The molecule has 1 aliphatic heterocycles. The van der Waals surface area contributed by atoms with Gasteiger partial charge in [0.15, 0.2) is 5.82 Å². The quantitative estimate of drug-likeness (QED) is 0.841. The molecule has 0 aliphatic carbocycles. The standard InChI is InChI=1S/C19H22N4O3/c1-14(24)22-9-4-10-23(12-11-22)19(25)16-6-3-5-15(13-16)18-20-8-7-17(21-18)26-2/h3,5-8,13H,4,9-12H2,1-2H3. The van der Waals surface area contributed by atoms with Gasteiger partial charge in [-0.15, -0.1) is 0 Å². The maximum absolute atomic E-state index is 12.9. The molecule has 0 N–H and O–H groups in total. The average Bonchev–Trinajstić information content (AvgIpc) is 2.94. The van der Waals surface area contributed by atoms with E-state index in [-0.39, 0.29) is 11.8 Å². The highest BCUT2D eigenvalue weighted by atomic mass is 16.5. The van der Waals surface area contributed by atoms with E-state index in [0.29, 0.717) is 43.4 Å². The molecule has 2 amide bonds. The van der Waals surface area contributed by atoms with Crippen molar-refractivity contribution < 1.29 is 14.3 Å². The Kier molecular flexibility index (Phi) is 5.46. The molecule has 1 aromatic carbocycles. The van der Waals surface area contributed by atoms with Crippen molar-refractivity contribution in [3.63, 3.8) is 0 Å². The largest absolute Gasteiger partial charge is 0.481 e. The number of amides is 2. The third-order valence-corrected chi connectivity index (χ3v) is 4.44. The number of nitrogens with zero attached hydrogens (tertiary/aromatic N) is 4. The lowest BCUT2D eigenvalue weighted by molar-refractivity contribution is -0.128. The first-order valence-corrected chi connectivity index (χ1v) is 8.61. The van der Waals surface area contributed by atoms with Crippen LogP contribution in [0.1, 0.15) is 23.7 Å². The smallest absolute Gasteiger partial charge is 0.253 e. The average molecular weight is 354 g/mol. The van der Waals surface area contributed by atoms with Crippen molar-refractivity contribution in [1.29, 1.82) is 0 Å². The molecule has 1 saturated heterocycles. The van der Waals surface area contributed by atoms with Gasteiger partial charge in [0.1, 0.15) is 0 Å². The summed E-state index contributed by atoms with van der Waals surface area (Å²) in [6, 6.07) is 8.96. The molecule has 2 aromatic rings. The van der Waals surface area contributed by atoms with Gasteiger partial charge in [-0.25, -0.2) is 4.98 Å². The molecule has 3 rings (SSSR count). The number of hydrogen-bond acceptors (Lipinski definition) is 5. The van der Waals surface area contributed by atoms with E-state index in [1.807, 2.05) is 12.1 Å². The van der Waals surface area contributed by atoms with Crippen LogP contribution in [0.2, 0.25) is 0 Å². The van der Waals surface area contributed by atoms with E-state index in [0.717, 1.165) is 12.0 Å². The number of aromatic nitrogens is 2. The second-order valence-corrected chi connectivity index (χ2v) is 6.16. The normalized spacial score (nSPS) is 14.7. The minimum Gasteiger partial charge on any atom is -0.481 e. The van der Waals surface area contributed by atoms with Gasteiger partial charge in [0.05, 0.1) is 7.11 Å². The number of carbonyl (C=O) groups is 2. The summed E-state index contributed by atoms with van der Waals surface area (Å²) in [5, 5.41) is 0. The zero-order valence-electron chi connectivity index (χ0n) is 15.0. The first kappa shape index (κ1) is 17.8. The summed E-state index contributed by atoms with van der Waals surface area (Å²) in [7, 11) is 1.55. The van der Waals surface area contributed by atoms with Gasteiger partial charge in [0, 0.05) is 56.5 Å². The van der Waals surface area contributed by atoms with Crippen molar-refractivity contribution in [1.82, 2.24) is 19.8 Å². The van der Waals surface area contributed by atoms with Gasteiger partial charge in [-0.1, -0.05) is 12.1 Å². The van der Waals surface area contributed by atoms with Crippen LogP contribution < -0.4 is 4.74 Å². The van der Waals surface area contributed by atoms with Crippen LogP contribution in [0.25, 0.3) is 11.4 Å². The van der Waals surface area contributed by atoms with Crippen LogP contribution in [0.5, 0.6) is 5.88 Å². The molecule has 0 saturated carbocycles. The van der Waals surface area contributed by atoms with Gasteiger partial charge < -0.3 is 14.5 Å². The molecule has 136 valence electrons. The van der Waals surface area contributed by atoms with E-state index in [1.165, 1.54) is 0 Å². The number of rotatable bonds is 3. The highest BCUT2D eigenvalue weighted by Gasteiger charge is 2.21.